The van der Waals surface area contributed by atoms with Gasteiger partial charge in [0, 0.05) is 31.1 Å². The summed E-state index contributed by atoms with van der Waals surface area (Å²) in [4.78, 5) is 27.6. The maximum absolute atomic E-state index is 13.3. The van der Waals surface area contributed by atoms with Gasteiger partial charge in [0.15, 0.2) is 0 Å². The summed E-state index contributed by atoms with van der Waals surface area (Å²) in [6, 6.07) is 11.1. The molecule has 2 amide bonds. The third-order valence-electron chi connectivity index (χ3n) is 5.87. The molecular weight excluding hydrogens is 537 g/mol. The second-order valence-electron chi connectivity index (χ2n) is 8.69. The number of amides is 2. The van der Waals surface area contributed by atoms with Gasteiger partial charge in [-0.15, -0.1) is 0 Å². The molecule has 0 saturated carbocycles. The maximum Gasteiger partial charge on any atom is 0.242 e. The van der Waals surface area contributed by atoms with Gasteiger partial charge in [-0.3, -0.25) is 13.9 Å². The summed E-state index contributed by atoms with van der Waals surface area (Å²) in [6.45, 7) is 4.46. The molecule has 204 valence electrons. The Morgan fingerprint density at radius 2 is 1.78 bits per heavy atom. The Hall–Kier alpha value is -2.49. The van der Waals surface area contributed by atoms with Gasteiger partial charge in [-0.05, 0) is 49.6 Å². The van der Waals surface area contributed by atoms with Crippen LogP contribution >= 0.6 is 23.2 Å². The number of halogens is 2. The number of carbonyl (C=O) groups is 2. The second kappa shape index (κ2) is 14.4. The number of rotatable bonds is 14. The number of methoxy groups -OCH3 is 1. The van der Waals surface area contributed by atoms with Gasteiger partial charge < -0.3 is 15.0 Å². The molecule has 37 heavy (non-hydrogen) atoms. The Kier molecular flexibility index (Phi) is 12.0. The average molecular weight is 573 g/mol. The van der Waals surface area contributed by atoms with E-state index in [9.17, 15) is 18.0 Å². The fourth-order valence-corrected chi connectivity index (χ4v) is 5.15. The molecule has 11 heteroatoms. The van der Waals surface area contributed by atoms with E-state index in [0.29, 0.717) is 23.0 Å². The molecular formula is C26H35Cl2N3O5S. The van der Waals surface area contributed by atoms with E-state index in [-0.39, 0.29) is 42.8 Å². The predicted molar refractivity (Wildman–Crippen MR) is 149 cm³/mol. The minimum atomic E-state index is -3.64. The van der Waals surface area contributed by atoms with Crippen molar-refractivity contribution in [3.05, 3.63) is 58.1 Å². The molecule has 0 aromatic heterocycles. The minimum absolute atomic E-state index is 0.0347. The van der Waals surface area contributed by atoms with Crippen molar-refractivity contribution >= 4 is 50.7 Å². The van der Waals surface area contributed by atoms with Crippen molar-refractivity contribution in [2.75, 3.05) is 30.8 Å². The Balaban J connectivity index is 2.18. The van der Waals surface area contributed by atoms with Crippen molar-refractivity contribution in [2.24, 2.45) is 0 Å². The van der Waals surface area contributed by atoms with Gasteiger partial charge in [-0.25, -0.2) is 8.42 Å². The largest absolute Gasteiger partial charge is 0.495 e. The van der Waals surface area contributed by atoms with Crippen LogP contribution in [0.25, 0.3) is 0 Å². The first kappa shape index (κ1) is 30.7. The molecule has 0 heterocycles. The van der Waals surface area contributed by atoms with Gasteiger partial charge in [-0.2, -0.15) is 0 Å². The fraction of sp³-hybridized carbons (Fsp3) is 0.462. The summed E-state index contributed by atoms with van der Waals surface area (Å²) in [6.07, 6.45) is 3.14. The van der Waals surface area contributed by atoms with Crippen LogP contribution in [0.15, 0.2) is 42.5 Å². The van der Waals surface area contributed by atoms with Gasteiger partial charge in [0.2, 0.25) is 21.8 Å². The molecule has 2 aromatic rings. The molecule has 0 aliphatic heterocycles. The Morgan fingerprint density at radius 1 is 1.08 bits per heavy atom. The number of sulfonamides is 1. The highest BCUT2D eigenvalue weighted by atomic mass is 35.5. The number of hydrogen-bond acceptors (Lipinski definition) is 5. The van der Waals surface area contributed by atoms with E-state index in [2.05, 4.69) is 5.32 Å². The van der Waals surface area contributed by atoms with Crippen LogP contribution in [0.2, 0.25) is 10.0 Å². The van der Waals surface area contributed by atoms with Crippen molar-refractivity contribution in [3.8, 4) is 5.75 Å². The van der Waals surface area contributed by atoms with Gasteiger partial charge in [0.1, 0.15) is 11.8 Å². The van der Waals surface area contributed by atoms with Crippen LogP contribution in [0.4, 0.5) is 5.69 Å². The van der Waals surface area contributed by atoms with Crippen molar-refractivity contribution < 1.29 is 22.7 Å². The zero-order valence-electron chi connectivity index (χ0n) is 21.7. The first-order valence-electron chi connectivity index (χ1n) is 12.1. The Bertz CT molecular complexity index is 1180. The zero-order chi connectivity index (χ0) is 27.6. The summed E-state index contributed by atoms with van der Waals surface area (Å²) < 4.78 is 31.3. The summed E-state index contributed by atoms with van der Waals surface area (Å²) in [5, 5.41) is 3.65. The first-order valence-corrected chi connectivity index (χ1v) is 14.7. The summed E-state index contributed by atoms with van der Waals surface area (Å²) >= 11 is 12.5. The fourth-order valence-electron chi connectivity index (χ4n) is 3.74. The van der Waals surface area contributed by atoms with Crippen molar-refractivity contribution in [1.82, 2.24) is 10.2 Å². The molecule has 1 N–H and O–H groups in total. The lowest BCUT2D eigenvalue weighted by molar-refractivity contribution is -0.140. The van der Waals surface area contributed by atoms with E-state index < -0.39 is 16.1 Å². The number of nitrogens with one attached hydrogen (secondary N) is 1. The lowest BCUT2D eigenvalue weighted by Crippen LogP contribution is -2.48. The normalized spacial score (nSPS) is 12.1. The van der Waals surface area contributed by atoms with Crippen LogP contribution in [0, 0.1) is 0 Å². The Labute approximate surface area is 229 Å². The zero-order valence-corrected chi connectivity index (χ0v) is 24.0. The lowest BCUT2D eigenvalue weighted by atomic mass is 10.1. The van der Waals surface area contributed by atoms with Crippen LogP contribution in [-0.4, -0.2) is 57.6 Å². The van der Waals surface area contributed by atoms with E-state index in [1.165, 1.54) is 22.4 Å². The standard InChI is InChI=1S/C26H35Cl2N3O5S/c1-5-6-15-29-26(33)19(2)30(18-20-10-7-8-11-22(20)27)25(32)12-9-16-31(37(4,34)35)21-13-14-24(36-3)23(28)17-21/h7-8,10-11,13-14,17,19H,5-6,9,12,15-16,18H2,1-4H3,(H,29,33)/t19-/m0/s1. The van der Waals surface area contributed by atoms with E-state index in [4.69, 9.17) is 27.9 Å². The molecule has 2 aromatic carbocycles. The lowest BCUT2D eigenvalue weighted by Gasteiger charge is -2.29. The smallest absolute Gasteiger partial charge is 0.242 e. The van der Waals surface area contributed by atoms with E-state index in [0.717, 1.165) is 24.7 Å². The van der Waals surface area contributed by atoms with Crippen molar-refractivity contribution in [1.29, 1.82) is 0 Å². The van der Waals surface area contributed by atoms with E-state index in [1.54, 1.807) is 31.2 Å². The van der Waals surface area contributed by atoms with Crippen LogP contribution < -0.4 is 14.4 Å². The summed E-state index contributed by atoms with van der Waals surface area (Å²) in [5.41, 5.74) is 1.09. The van der Waals surface area contributed by atoms with Crippen molar-refractivity contribution in [3.63, 3.8) is 0 Å². The van der Waals surface area contributed by atoms with Gasteiger partial charge in [-0.1, -0.05) is 54.7 Å². The van der Waals surface area contributed by atoms with E-state index >= 15 is 0 Å². The van der Waals surface area contributed by atoms with Crippen molar-refractivity contribution in [2.45, 2.75) is 52.1 Å². The number of benzene rings is 2. The molecule has 0 spiro atoms. The van der Waals surface area contributed by atoms with Crippen LogP contribution in [-0.2, 0) is 26.2 Å². The number of hydrogen-bond donors (Lipinski definition) is 1. The molecule has 0 aliphatic rings. The highest BCUT2D eigenvalue weighted by Crippen LogP contribution is 2.30. The molecule has 0 aliphatic carbocycles. The number of nitrogens with zero attached hydrogens (tertiary/aromatic N) is 2. The van der Waals surface area contributed by atoms with Gasteiger partial charge in [0.05, 0.1) is 24.1 Å². The van der Waals surface area contributed by atoms with Gasteiger partial charge >= 0.3 is 0 Å². The van der Waals surface area contributed by atoms with Crippen LogP contribution in [0.3, 0.4) is 0 Å². The number of unbranched alkanes of at least 4 members (excludes halogenated alkanes) is 1. The number of anilines is 1. The summed E-state index contributed by atoms with van der Waals surface area (Å²) in [7, 11) is -2.17. The third kappa shape index (κ3) is 9.09. The second-order valence-corrected chi connectivity index (χ2v) is 11.4. The molecule has 0 bridgehead atoms. The number of ether oxygens (including phenoxy) is 1. The SMILES string of the molecule is CCCCNC(=O)[C@H](C)N(Cc1ccccc1Cl)C(=O)CCCN(c1ccc(OC)c(Cl)c1)S(C)(=O)=O. The highest BCUT2D eigenvalue weighted by molar-refractivity contribution is 7.92. The molecule has 8 nitrogen and oxygen atoms in total. The third-order valence-corrected chi connectivity index (χ3v) is 7.73. The molecule has 0 fully saturated rings. The average Bonchev–Trinajstić information content (AvgIpc) is 2.85. The predicted octanol–water partition coefficient (Wildman–Crippen LogP) is 4.88. The van der Waals surface area contributed by atoms with Crippen LogP contribution in [0.1, 0.15) is 45.1 Å². The molecule has 0 radical (unpaired) electrons. The van der Waals surface area contributed by atoms with E-state index in [1.807, 2.05) is 19.1 Å². The first-order chi connectivity index (χ1) is 17.5. The Morgan fingerprint density at radius 3 is 2.38 bits per heavy atom. The number of carbonyl (C=O) groups excluding carboxylic acids is 2. The quantitative estimate of drug-likeness (QED) is 0.326. The molecule has 2 rings (SSSR count). The topological polar surface area (TPSA) is 96.0 Å². The molecule has 1 atom stereocenters. The summed E-state index contributed by atoms with van der Waals surface area (Å²) in [5.74, 6) is -0.103. The highest BCUT2D eigenvalue weighted by Gasteiger charge is 2.27. The van der Waals surface area contributed by atoms with Gasteiger partial charge in [0.25, 0.3) is 0 Å². The minimum Gasteiger partial charge on any atom is -0.495 e. The molecule has 0 saturated heterocycles. The monoisotopic (exact) mass is 571 g/mol. The molecule has 0 unspecified atom stereocenters. The van der Waals surface area contributed by atoms with Crippen LogP contribution in [0.5, 0.6) is 5.75 Å². The maximum atomic E-state index is 13.3.